The average molecular weight is 385 g/mol. The van der Waals surface area contributed by atoms with Crippen molar-refractivity contribution in [3.63, 3.8) is 0 Å². The monoisotopic (exact) mass is 384 g/mol. The number of fused-ring (bicyclic) bond motifs is 1. The number of rotatable bonds is 9. The molecule has 3 aromatic rings. The smallest absolute Gasteiger partial charge is 0.261 e. The van der Waals surface area contributed by atoms with Gasteiger partial charge in [-0.05, 0) is 36.2 Å². The highest BCUT2D eigenvalue weighted by Crippen LogP contribution is 2.23. The topological polar surface area (TPSA) is 60.5 Å². The lowest BCUT2D eigenvalue weighted by molar-refractivity contribution is 0.0515. The summed E-state index contributed by atoms with van der Waals surface area (Å²) in [6.45, 7) is 3.09. The second kappa shape index (κ2) is 9.48. The summed E-state index contributed by atoms with van der Waals surface area (Å²) in [7, 11) is 1.71. The molecule has 0 saturated carbocycles. The molecule has 1 unspecified atom stereocenters. The van der Waals surface area contributed by atoms with Crippen LogP contribution in [-0.4, -0.2) is 30.7 Å². The van der Waals surface area contributed by atoms with E-state index in [-0.39, 0.29) is 12.0 Å². The van der Waals surface area contributed by atoms with Crippen molar-refractivity contribution in [3.8, 4) is 5.75 Å². The van der Waals surface area contributed by atoms with Crippen LogP contribution in [0.25, 0.3) is 10.2 Å². The molecule has 27 heavy (non-hydrogen) atoms. The van der Waals surface area contributed by atoms with Crippen LogP contribution in [-0.2, 0) is 11.3 Å². The van der Waals surface area contributed by atoms with Gasteiger partial charge in [-0.15, -0.1) is 11.3 Å². The second-order valence-corrected chi connectivity index (χ2v) is 7.33. The highest BCUT2D eigenvalue weighted by atomic mass is 32.1. The summed E-state index contributed by atoms with van der Waals surface area (Å²) in [5.74, 6) is 0.692. The Morgan fingerprint density at radius 3 is 2.93 bits per heavy atom. The van der Waals surface area contributed by atoms with E-state index in [1.807, 2.05) is 42.5 Å². The first-order chi connectivity index (χ1) is 13.2. The van der Waals surface area contributed by atoms with Crippen LogP contribution in [0.3, 0.4) is 0 Å². The fraction of sp³-hybridized carbons (Fsp3) is 0.333. The van der Waals surface area contributed by atoms with Crippen LogP contribution in [0, 0.1) is 0 Å². The van der Waals surface area contributed by atoms with Crippen LogP contribution in [0.2, 0.25) is 0 Å². The molecule has 1 atom stereocenters. The Labute approximate surface area is 163 Å². The highest BCUT2D eigenvalue weighted by molar-refractivity contribution is 7.20. The molecule has 0 bridgehead atoms. The van der Waals surface area contributed by atoms with Gasteiger partial charge in [0, 0.05) is 25.2 Å². The molecule has 3 rings (SSSR count). The number of hydrogen-bond acceptors (Lipinski definition) is 5. The van der Waals surface area contributed by atoms with Gasteiger partial charge in [-0.3, -0.25) is 4.79 Å². The van der Waals surface area contributed by atoms with Crippen molar-refractivity contribution in [3.05, 3.63) is 59.1 Å². The van der Waals surface area contributed by atoms with E-state index in [9.17, 15) is 4.79 Å². The van der Waals surface area contributed by atoms with E-state index < -0.39 is 0 Å². The summed E-state index contributed by atoms with van der Waals surface area (Å²) >= 11 is 1.40. The minimum absolute atomic E-state index is 0.0910. The van der Waals surface area contributed by atoms with Gasteiger partial charge in [-0.1, -0.05) is 31.5 Å². The maximum atomic E-state index is 12.4. The number of pyridine rings is 1. The molecule has 0 aliphatic carbocycles. The second-order valence-electron chi connectivity index (χ2n) is 6.30. The van der Waals surface area contributed by atoms with Crippen molar-refractivity contribution in [2.75, 3.05) is 13.7 Å². The van der Waals surface area contributed by atoms with Gasteiger partial charge in [-0.2, -0.15) is 0 Å². The third kappa shape index (κ3) is 5.28. The third-order valence-corrected chi connectivity index (χ3v) is 5.31. The molecule has 6 heteroatoms. The summed E-state index contributed by atoms with van der Waals surface area (Å²) < 4.78 is 11.2. The summed E-state index contributed by atoms with van der Waals surface area (Å²) in [5, 5.41) is 3.95. The van der Waals surface area contributed by atoms with Crippen LogP contribution in [0.1, 0.15) is 35.0 Å². The van der Waals surface area contributed by atoms with Crippen molar-refractivity contribution in [2.24, 2.45) is 0 Å². The van der Waals surface area contributed by atoms with E-state index >= 15 is 0 Å². The number of carbonyl (C=O) groups excluding carboxylic acids is 1. The molecule has 0 radical (unpaired) electrons. The molecule has 0 saturated heterocycles. The standard InChI is InChI=1S/C21H24N2O3S/c1-3-6-18(25-2)14-26-17-9-4-7-15(11-17)13-23-20(24)19-12-16-8-5-10-22-21(16)27-19/h4-5,7-12,18H,3,6,13-14H2,1-2H3,(H,23,24). The number of hydrogen-bond donors (Lipinski definition) is 1. The van der Waals surface area contributed by atoms with E-state index in [0.29, 0.717) is 18.0 Å². The molecule has 142 valence electrons. The Morgan fingerprint density at radius 1 is 1.26 bits per heavy atom. The fourth-order valence-electron chi connectivity index (χ4n) is 2.78. The molecule has 2 aromatic heterocycles. The van der Waals surface area contributed by atoms with Crippen LogP contribution in [0.4, 0.5) is 0 Å². The van der Waals surface area contributed by atoms with Crippen LogP contribution in [0.15, 0.2) is 48.7 Å². The molecule has 5 nitrogen and oxygen atoms in total. The average Bonchev–Trinajstić information content (AvgIpc) is 3.14. The minimum atomic E-state index is -0.0910. The predicted octanol–water partition coefficient (Wildman–Crippen LogP) is 4.42. The number of aromatic nitrogens is 1. The molecular formula is C21H24N2O3S. The van der Waals surface area contributed by atoms with Gasteiger partial charge < -0.3 is 14.8 Å². The van der Waals surface area contributed by atoms with Crippen LogP contribution in [0.5, 0.6) is 5.75 Å². The first-order valence-electron chi connectivity index (χ1n) is 9.07. The maximum Gasteiger partial charge on any atom is 0.261 e. The molecule has 0 aliphatic heterocycles. The van der Waals surface area contributed by atoms with Gasteiger partial charge in [0.15, 0.2) is 0 Å². The van der Waals surface area contributed by atoms with Crippen molar-refractivity contribution in [1.29, 1.82) is 0 Å². The maximum absolute atomic E-state index is 12.4. The van der Waals surface area contributed by atoms with Gasteiger partial charge in [0.25, 0.3) is 5.91 Å². The Balaban J connectivity index is 1.56. The first kappa shape index (κ1) is 19.3. The van der Waals surface area contributed by atoms with Gasteiger partial charge in [0.1, 0.15) is 17.2 Å². The van der Waals surface area contributed by atoms with Gasteiger partial charge >= 0.3 is 0 Å². The lowest BCUT2D eigenvalue weighted by Gasteiger charge is -2.15. The quantitative estimate of drug-likeness (QED) is 0.593. The van der Waals surface area contributed by atoms with E-state index in [1.54, 1.807) is 13.3 Å². The van der Waals surface area contributed by atoms with Crippen molar-refractivity contribution < 1.29 is 14.3 Å². The summed E-state index contributed by atoms with van der Waals surface area (Å²) in [6.07, 6.45) is 3.86. The molecule has 2 heterocycles. The molecule has 0 fully saturated rings. The molecule has 1 aromatic carbocycles. The molecule has 0 aliphatic rings. The van der Waals surface area contributed by atoms with E-state index in [0.717, 1.165) is 34.4 Å². The third-order valence-electron chi connectivity index (χ3n) is 4.25. The van der Waals surface area contributed by atoms with Gasteiger partial charge in [0.05, 0.1) is 11.0 Å². The normalized spacial score (nSPS) is 12.1. The number of benzene rings is 1. The number of nitrogens with zero attached hydrogens (tertiary/aromatic N) is 1. The van der Waals surface area contributed by atoms with E-state index in [4.69, 9.17) is 9.47 Å². The lowest BCUT2D eigenvalue weighted by atomic mass is 10.2. The van der Waals surface area contributed by atoms with Crippen molar-refractivity contribution in [1.82, 2.24) is 10.3 Å². The molecule has 1 amide bonds. The van der Waals surface area contributed by atoms with E-state index in [2.05, 4.69) is 17.2 Å². The summed E-state index contributed by atoms with van der Waals surface area (Å²) in [4.78, 5) is 18.2. The van der Waals surface area contributed by atoms with Crippen LogP contribution < -0.4 is 10.1 Å². The number of carbonyl (C=O) groups is 1. The largest absolute Gasteiger partial charge is 0.491 e. The zero-order valence-electron chi connectivity index (χ0n) is 15.6. The Morgan fingerprint density at radius 2 is 2.15 bits per heavy atom. The summed E-state index contributed by atoms with van der Waals surface area (Å²) in [6, 6.07) is 13.5. The zero-order chi connectivity index (χ0) is 19.1. The van der Waals surface area contributed by atoms with Crippen molar-refractivity contribution in [2.45, 2.75) is 32.4 Å². The Kier molecular flexibility index (Phi) is 6.79. The van der Waals surface area contributed by atoms with Crippen LogP contribution >= 0.6 is 11.3 Å². The summed E-state index contributed by atoms with van der Waals surface area (Å²) in [5.41, 5.74) is 0.990. The Bertz CT molecular complexity index is 861. The number of amides is 1. The molecule has 0 spiro atoms. The molecular weight excluding hydrogens is 360 g/mol. The fourth-order valence-corrected chi connectivity index (χ4v) is 3.70. The number of methoxy groups -OCH3 is 1. The Hall–Kier alpha value is -2.44. The van der Waals surface area contributed by atoms with Crippen molar-refractivity contribution >= 4 is 27.5 Å². The lowest BCUT2D eigenvalue weighted by Crippen LogP contribution is -2.22. The van der Waals surface area contributed by atoms with Gasteiger partial charge in [0.2, 0.25) is 0 Å². The van der Waals surface area contributed by atoms with Gasteiger partial charge in [-0.25, -0.2) is 4.98 Å². The van der Waals surface area contributed by atoms with E-state index in [1.165, 1.54) is 11.3 Å². The number of ether oxygens (including phenoxy) is 2. The number of nitrogens with one attached hydrogen (secondary N) is 1. The molecule has 1 N–H and O–H groups in total. The zero-order valence-corrected chi connectivity index (χ0v) is 16.4. The predicted molar refractivity (Wildman–Crippen MR) is 108 cm³/mol. The highest BCUT2D eigenvalue weighted by Gasteiger charge is 2.11. The first-order valence-corrected chi connectivity index (χ1v) is 9.88. The minimum Gasteiger partial charge on any atom is -0.491 e. The SMILES string of the molecule is CCCC(COc1cccc(CNC(=O)c2cc3cccnc3s2)c1)OC. The number of thiophene rings is 1.